The molecule has 0 heterocycles. The van der Waals surface area contributed by atoms with Crippen LogP contribution >= 0.6 is 11.9 Å². The van der Waals surface area contributed by atoms with Gasteiger partial charge in [0.05, 0.1) is 0 Å². The summed E-state index contributed by atoms with van der Waals surface area (Å²) in [4.78, 5) is 1.18. The maximum Gasteiger partial charge on any atom is 0.0262 e. The average Bonchev–Trinajstić information content (AvgIpc) is 2.64. The highest BCUT2D eigenvalue weighted by Crippen LogP contribution is 2.27. The second-order valence-corrected chi connectivity index (χ2v) is 6.59. The van der Waals surface area contributed by atoms with Crippen LogP contribution in [0.25, 0.3) is 0 Å². The summed E-state index contributed by atoms with van der Waals surface area (Å²) in [6.07, 6.45) is 20.7. The van der Waals surface area contributed by atoms with E-state index in [9.17, 15) is 0 Å². The van der Waals surface area contributed by atoms with Gasteiger partial charge in [-0.05, 0) is 54.0 Å². The van der Waals surface area contributed by atoms with E-state index >= 15 is 0 Å². The Kier molecular flexibility index (Phi) is 14.1. The topological polar surface area (TPSA) is 12.0 Å². The van der Waals surface area contributed by atoms with Gasteiger partial charge < -0.3 is 0 Å². The van der Waals surface area contributed by atoms with Gasteiger partial charge in [0, 0.05) is 11.4 Å². The molecule has 0 rings (SSSR count). The lowest BCUT2D eigenvalue weighted by atomic mass is 10.0. The van der Waals surface area contributed by atoms with E-state index in [1.807, 2.05) is 36.5 Å². The molecule has 0 fully saturated rings. The molecule has 0 aromatic heterocycles. The third-order valence-corrected chi connectivity index (χ3v) is 4.68. The molecule has 0 aromatic carbocycles. The fraction of sp³-hybridized carbons (Fsp3) is 0.250. The second kappa shape index (κ2) is 15.2. The number of rotatable bonds is 13. The Balaban J connectivity index is 5.01. The van der Waals surface area contributed by atoms with E-state index in [1.54, 1.807) is 18.0 Å². The Hall–Kier alpha value is -2.03. The molecule has 0 aliphatic rings. The molecule has 0 spiro atoms. The zero-order valence-electron chi connectivity index (χ0n) is 16.5. The van der Waals surface area contributed by atoms with Crippen LogP contribution in [0.2, 0.25) is 0 Å². The summed E-state index contributed by atoms with van der Waals surface area (Å²) in [6, 6.07) is 0. The van der Waals surface area contributed by atoms with Crippen molar-refractivity contribution < 1.29 is 0 Å². The van der Waals surface area contributed by atoms with E-state index in [1.165, 1.54) is 21.6 Å². The van der Waals surface area contributed by atoms with Crippen molar-refractivity contribution in [2.24, 2.45) is 5.92 Å². The fourth-order valence-electron chi connectivity index (χ4n) is 2.26. The molecule has 1 unspecified atom stereocenters. The van der Waals surface area contributed by atoms with Crippen LogP contribution in [0.15, 0.2) is 109 Å². The predicted octanol–water partition coefficient (Wildman–Crippen LogP) is 7.25. The third kappa shape index (κ3) is 9.45. The third-order valence-electron chi connectivity index (χ3n) is 3.76. The fourth-order valence-corrected chi connectivity index (χ4v) is 3.19. The van der Waals surface area contributed by atoms with E-state index in [0.717, 1.165) is 13.0 Å². The van der Waals surface area contributed by atoms with Crippen molar-refractivity contribution in [1.82, 2.24) is 4.72 Å². The van der Waals surface area contributed by atoms with Crippen LogP contribution in [-0.4, -0.2) is 6.54 Å². The summed E-state index contributed by atoms with van der Waals surface area (Å²) in [5.41, 5.74) is 3.74. The van der Waals surface area contributed by atoms with Crippen LogP contribution in [0.4, 0.5) is 0 Å². The molecule has 140 valence electrons. The number of nitrogens with one attached hydrogen (secondary N) is 1. The van der Waals surface area contributed by atoms with Crippen LogP contribution in [0.5, 0.6) is 0 Å². The molecule has 26 heavy (non-hydrogen) atoms. The Morgan fingerprint density at radius 2 is 1.73 bits per heavy atom. The van der Waals surface area contributed by atoms with Crippen molar-refractivity contribution in [2.45, 2.75) is 27.2 Å². The quantitative estimate of drug-likeness (QED) is 0.159. The van der Waals surface area contributed by atoms with E-state index in [4.69, 9.17) is 0 Å². The molecule has 1 atom stereocenters. The molecule has 0 saturated carbocycles. The summed E-state index contributed by atoms with van der Waals surface area (Å²) in [6.45, 7) is 22.4. The van der Waals surface area contributed by atoms with Gasteiger partial charge in [-0.1, -0.05) is 88.3 Å². The second-order valence-electron chi connectivity index (χ2n) is 5.66. The summed E-state index contributed by atoms with van der Waals surface area (Å²) in [5.74, 6) is 0.307. The summed E-state index contributed by atoms with van der Waals surface area (Å²) >= 11 is 1.63. The highest BCUT2D eigenvalue weighted by atomic mass is 32.2. The van der Waals surface area contributed by atoms with E-state index in [2.05, 4.69) is 70.0 Å². The highest BCUT2D eigenvalue weighted by Gasteiger charge is 2.06. The zero-order valence-corrected chi connectivity index (χ0v) is 17.3. The van der Waals surface area contributed by atoms with Gasteiger partial charge in [-0.3, -0.25) is 4.72 Å². The number of hydrogen-bond acceptors (Lipinski definition) is 2. The first-order valence-corrected chi connectivity index (χ1v) is 9.70. The molecule has 0 radical (unpaired) electrons. The Labute approximate surface area is 165 Å². The van der Waals surface area contributed by atoms with Gasteiger partial charge in [-0.15, -0.1) is 6.58 Å². The lowest BCUT2D eigenvalue weighted by Gasteiger charge is -2.12. The van der Waals surface area contributed by atoms with Crippen molar-refractivity contribution in [2.75, 3.05) is 6.54 Å². The van der Waals surface area contributed by atoms with Crippen LogP contribution < -0.4 is 4.72 Å². The lowest BCUT2D eigenvalue weighted by molar-refractivity contribution is 0.892. The van der Waals surface area contributed by atoms with E-state index in [-0.39, 0.29) is 0 Å². The largest absolute Gasteiger partial charge is 0.256 e. The maximum atomic E-state index is 3.86. The first-order chi connectivity index (χ1) is 12.5. The Bertz CT molecular complexity index is 627. The Morgan fingerprint density at radius 1 is 1.04 bits per heavy atom. The van der Waals surface area contributed by atoms with Crippen molar-refractivity contribution >= 4 is 11.9 Å². The van der Waals surface area contributed by atoms with Crippen molar-refractivity contribution in [3.05, 3.63) is 109 Å². The van der Waals surface area contributed by atoms with Crippen molar-refractivity contribution in [3.8, 4) is 0 Å². The predicted molar refractivity (Wildman–Crippen MR) is 123 cm³/mol. The van der Waals surface area contributed by atoms with Crippen molar-refractivity contribution in [1.29, 1.82) is 0 Å². The Morgan fingerprint density at radius 3 is 2.27 bits per heavy atom. The minimum atomic E-state index is 0.307. The van der Waals surface area contributed by atoms with Crippen LogP contribution in [-0.2, 0) is 0 Å². The molecular formula is C24H33NS. The minimum Gasteiger partial charge on any atom is -0.256 e. The maximum absolute atomic E-state index is 3.86. The van der Waals surface area contributed by atoms with E-state index in [0.29, 0.717) is 5.92 Å². The first kappa shape index (κ1) is 24.0. The van der Waals surface area contributed by atoms with Crippen LogP contribution in [0, 0.1) is 5.92 Å². The van der Waals surface area contributed by atoms with Crippen LogP contribution in [0.1, 0.15) is 27.2 Å². The number of allylic oxidation sites excluding steroid dienone is 12. The first-order valence-electron chi connectivity index (χ1n) is 8.88. The highest BCUT2D eigenvalue weighted by molar-refractivity contribution is 8.01. The SMILES string of the molecule is C=C\C=C/C(C)=C(CC)/C(=C\C=C)SNC/C=C\C(=C/C=C)C(C)C=C. The molecule has 0 saturated heterocycles. The standard InChI is InChI=1S/C24H33NS/c1-8-13-17-21(7)23(12-5)24(16-10-3)26-25-19-14-18-22(15-9-2)20(6)11-4/h8-11,13-18,20,25H,1-4,12,19H2,5-7H3/b17-13-,18-14-,22-15+,23-21+,24-16+. The molecule has 0 amide bonds. The van der Waals surface area contributed by atoms with E-state index < -0.39 is 0 Å². The average molecular weight is 368 g/mol. The normalized spacial score (nSPS) is 15.0. The van der Waals surface area contributed by atoms with Crippen LogP contribution in [0.3, 0.4) is 0 Å². The summed E-state index contributed by atoms with van der Waals surface area (Å²) in [5, 5.41) is 0. The summed E-state index contributed by atoms with van der Waals surface area (Å²) < 4.78 is 3.41. The van der Waals surface area contributed by atoms with Gasteiger partial charge in [0.15, 0.2) is 0 Å². The van der Waals surface area contributed by atoms with Gasteiger partial charge in [0.1, 0.15) is 0 Å². The van der Waals surface area contributed by atoms with Gasteiger partial charge in [0.25, 0.3) is 0 Å². The molecule has 0 aliphatic carbocycles. The minimum absolute atomic E-state index is 0.307. The molecule has 0 bridgehead atoms. The van der Waals surface area contributed by atoms with Gasteiger partial charge in [-0.25, -0.2) is 0 Å². The summed E-state index contributed by atoms with van der Waals surface area (Å²) in [7, 11) is 0. The molecule has 1 nitrogen and oxygen atoms in total. The van der Waals surface area contributed by atoms with Gasteiger partial charge in [0.2, 0.25) is 0 Å². The molecular weight excluding hydrogens is 334 g/mol. The number of hydrogen-bond donors (Lipinski definition) is 1. The van der Waals surface area contributed by atoms with Gasteiger partial charge in [-0.2, -0.15) is 0 Å². The molecule has 0 aromatic rings. The zero-order chi connectivity index (χ0) is 19.8. The molecule has 2 heteroatoms. The van der Waals surface area contributed by atoms with Crippen molar-refractivity contribution in [3.63, 3.8) is 0 Å². The smallest absolute Gasteiger partial charge is 0.0262 e. The van der Waals surface area contributed by atoms with Gasteiger partial charge >= 0.3 is 0 Å². The molecule has 1 N–H and O–H groups in total. The molecule has 0 aliphatic heterocycles. The lowest BCUT2D eigenvalue weighted by Crippen LogP contribution is -2.05. The monoisotopic (exact) mass is 367 g/mol.